The molecule has 0 aromatic heterocycles. The van der Waals surface area contributed by atoms with E-state index in [1.807, 2.05) is 24.3 Å². The van der Waals surface area contributed by atoms with Gasteiger partial charge in [0.25, 0.3) is 0 Å². The Morgan fingerprint density at radius 1 is 1.00 bits per heavy atom. The Balaban J connectivity index is 1.87. The number of ether oxygens (including phenoxy) is 1. The van der Waals surface area contributed by atoms with E-state index in [1.165, 1.54) is 5.56 Å². The van der Waals surface area contributed by atoms with Crippen molar-refractivity contribution >= 4 is 5.97 Å². The van der Waals surface area contributed by atoms with Crippen molar-refractivity contribution < 1.29 is 14.6 Å². The van der Waals surface area contributed by atoms with Crippen molar-refractivity contribution in [3.63, 3.8) is 0 Å². The van der Waals surface area contributed by atoms with Gasteiger partial charge in [0.2, 0.25) is 0 Å². The lowest BCUT2D eigenvalue weighted by Crippen LogP contribution is -1.98. The van der Waals surface area contributed by atoms with Crippen LogP contribution in [-0.4, -0.2) is 11.1 Å². The van der Waals surface area contributed by atoms with E-state index in [2.05, 4.69) is 31.2 Å². The molecule has 1 N–H and O–H groups in total. The third kappa shape index (κ3) is 4.43. The number of carboxylic acid groups (broad SMARTS) is 1. The summed E-state index contributed by atoms with van der Waals surface area (Å²) in [5.74, 6) is 0.0225. The molecule has 104 valence electrons. The lowest BCUT2D eigenvalue weighted by molar-refractivity contribution is -0.136. The zero-order valence-corrected chi connectivity index (χ0v) is 11.5. The van der Waals surface area contributed by atoms with E-state index in [9.17, 15) is 4.79 Å². The Kier molecular flexibility index (Phi) is 4.77. The summed E-state index contributed by atoms with van der Waals surface area (Å²) in [6, 6.07) is 15.8. The molecule has 0 atom stereocenters. The molecule has 0 unspecified atom stereocenters. The largest absolute Gasteiger partial charge is 0.489 e. The molecule has 0 saturated carbocycles. The highest BCUT2D eigenvalue weighted by molar-refractivity contribution is 5.67. The van der Waals surface area contributed by atoms with Gasteiger partial charge in [-0.05, 0) is 36.6 Å². The van der Waals surface area contributed by atoms with Crippen LogP contribution in [0.2, 0.25) is 0 Å². The lowest BCUT2D eigenvalue weighted by Gasteiger charge is -2.07. The van der Waals surface area contributed by atoms with E-state index in [0.29, 0.717) is 13.0 Å². The topological polar surface area (TPSA) is 46.5 Å². The molecule has 0 heterocycles. The summed E-state index contributed by atoms with van der Waals surface area (Å²) in [7, 11) is 0. The summed E-state index contributed by atoms with van der Waals surface area (Å²) in [6.07, 6.45) is 0.706. The van der Waals surface area contributed by atoms with Crippen LogP contribution in [0.15, 0.2) is 48.5 Å². The molecule has 2 aromatic rings. The van der Waals surface area contributed by atoms with Gasteiger partial charge in [-0.3, -0.25) is 4.79 Å². The highest BCUT2D eigenvalue weighted by Crippen LogP contribution is 2.15. The Bertz CT molecular complexity index is 556. The van der Waals surface area contributed by atoms with E-state index in [4.69, 9.17) is 9.84 Å². The molecule has 0 aliphatic rings. The van der Waals surface area contributed by atoms with Crippen LogP contribution in [-0.2, 0) is 17.8 Å². The predicted octanol–water partition coefficient (Wildman–Crippen LogP) is 3.59. The van der Waals surface area contributed by atoms with Crippen LogP contribution >= 0.6 is 0 Å². The average Bonchev–Trinajstić information content (AvgIpc) is 2.45. The molecule has 20 heavy (non-hydrogen) atoms. The van der Waals surface area contributed by atoms with Crippen LogP contribution in [0.3, 0.4) is 0 Å². The Morgan fingerprint density at radius 2 is 1.60 bits per heavy atom. The molecule has 0 amide bonds. The van der Waals surface area contributed by atoms with Crippen LogP contribution in [0.5, 0.6) is 5.75 Å². The lowest BCUT2D eigenvalue weighted by atomic mass is 10.1. The van der Waals surface area contributed by atoms with Crippen molar-refractivity contribution in [3.8, 4) is 5.75 Å². The van der Waals surface area contributed by atoms with Crippen LogP contribution < -0.4 is 4.74 Å². The molecular formula is C17H18O3. The summed E-state index contributed by atoms with van der Waals surface area (Å²) in [5, 5.41) is 8.63. The van der Waals surface area contributed by atoms with Gasteiger partial charge < -0.3 is 9.84 Å². The zero-order chi connectivity index (χ0) is 14.4. The highest BCUT2D eigenvalue weighted by Gasteiger charge is 2.00. The summed E-state index contributed by atoms with van der Waals surface area (Å²) < 4.78 is 5.70. The van der Waals surface area contributed by atoms with Gasteiger partial charge in [-0.15, -0.1) is 0 Å². The first-order chi connectivity index (χ1) is 9.63. The van der Waals surface area contributed by atoms with E-state index >= 15 is 0 Å². The summed E-state index contributed by atoms with van der Waals surface area (Å²) in [6.45, 7) is 2.59. The minimum atomic E-state index is -0.773. The molecule has 2 aromatic carbocycles. The Hall–Kier alpha value is -2.29. The molecule has 3 nitrogen and oxygen atoms in total. The molecule has 0 aliphatic carbocycles. The van der Waals surface area contributed by atoms with Gasteiger partial charge in [-0.1, -0.05) is 42.0 Å². The van der Waals surface area contributed by atoms with Gasteiger partial charge >= 0.3 is 5.97 Å². The van der Waals surface area contributed by atoms with Crippen molar-refractivity contribution in [3.05, 3.63) is 65.2 Å². The molecule has 0 bridgehead atoms. The maximum Gasteiger partial charge on any atom is 0.303 e. The molecule has 0 aliphatic heterocycles. The SMILES string of the molecule is Cc1ccc(COc2ccc(CCC(=O)O)cc2)cc1. The van der Waals surface area contributed by atoms with Gasteiger partial charge in [-0.2, -0.15) is 0 Å². The van der Waals surface area contributed by atoms with Gasteiger partial charge in [0.15, 0.2) is 0 Å². The number of benzene rings is 2. The monoisotopic (exact) mass is 270 g/mol. The minimum Gasteiger partial charge on any atom is -0.489 e. The first-order valence-corrected chi connectivity index (χ1v) is 6.62. The van der Waals surface area contributed by atoms with E-state index < -0.39 is 5.97 Å². The fourth-order valence-electron chi connectivity index (χ4n) is 1.85. The second-order valence-corrected chi connectivity index (χ2v) is 4.81. The molecule has 0 saturated heterocycles. The zero-order valence-electron chi connectivity index (χ0n) is 11.5. The molecule has 3 heteroatoms. The number of aliphatic carboxylic acids is 1. The minimum absolute atomic E-state index is 0.156. The van der Waals surface area contributed by atoms with Gasteiger partial charge in [0.1, 0.15) is 12.4 Å². The summed E-state index contributed by atoms with van der Waals surface area (Å²) in [4.78, 5) is 10.5. The van der Waals surface area contributed by atoms with Crippen LogP contribution in [0.25, 0.3) is 0 Å². The van der Waals surface area contributed by atoms with Crippen molar-refractivity contribution in [2.75, 3.05) is 0 Å². The number of hydrogen-bond acceptors (Lipinski definition) is 2. The quantitative estimate of drug-likeness (QED) is 0.872. The first-order valence-electron chi connectivity index (χ1n) is 6.62. The number of aryl methyl sites for hydroxylation is 2. The van der Waals surface area contributed by atoms with Crippen LogP contribution in [0, 0.1) is 6.92 Å². The maximum absolute atomic E-state index is 10.5. The Labute approximate surface area is 118 Å². The highest BCUT2D eigenvalue weighted by atomic mass is 16.5. The van der Waals surface area contributed by atoms with Gasteiger partial charge in [0.05, 0.1) is 0 Å². The van der Waals surface area contributed by atoms with Crippen molar-refractivity contribution in [2.24, 2.45) is 0 Å². The van der Waals surface area contributed by atoms with E-state index in [-0.39, 0.29) is 6.42 Å². The van der Waals surface area contributed by atoms with Crippen LogP contribution in [0.1, 0.15) is 23.1 Å². The molecular weight excluding hydrogens is 252 g/mol. The van der Waals surface area contributed by atoms with Crippen molar-refractivity contribution in [1.29, 1.82) is 0 Å². The maximum atomic E-state index is 10.5. The fourth-order valence-corrected chi connectivity index (χ4v) is 1.85. The molecule has 2 rings (SSSR count). The van der Waals surface area contributed by atoms with Gasteiger partial charge in [0, 0.05) is 6.42 Å². The number of hydrogen-bond donors (Lipinski definition) is 1. The van der Waals surface area contributed by atoms with Gasteiger partial charge in [-0.25, -0.2) is 0 Å². The van der Waals surface area contributed by atoms with E-state index in [0.717, 1.165) is 16.9 Å². The van der Waals surface area contributed by atoms with Crippen molar-refractivity contribution in [2.45, 2.75) is 26.4 Å². The fraction of sp³-hybridized carbons (Fsp3) is 0.235. The molecule has 0 spiro atoms. The second kappa shape index (κ2) is 6.75. The van der Waals surface area contributed by atoms with E-state index in [1.54, 1.807) is 0 Å². The summed E-state index contributed by atoms with van der Waals surface area (Å²) >= 11 is 0. The van der Waals surface area contributed by atoms with Crippen LogP contribution in [0.4, 0.5) is 0 Å². The van der Waals surface area contributed by atoms with Crippen molar-refractivity contribution in [1.82, 2.24) is 0 Å². The normalized spacial score (nSPS) is 10.2. The summed E-state index contributed by atoms with van der Waals surface area (Å²) in [5.41, 5.74) is 3.37. The molecule has 0 radical (unpaired) electrons. The second-order valence-electron chi connectivity index (χ2n) is 4.81. The third-order valence-electron chi connectivity index (χ3n) is 3.08. The molecule has 0 fully saturated rings. The standard InChI is InChI=1S/C17H18O3/c1-13-2-4-15(5-3-13)12-20-16-9-6-14(7-10-16)8-11-17(18)19/h2-7,9-10H,8,11-12H2,1H3,(H,18,19). The number of carbonyl (C=O) groups is 1. The number of carboxylic acids is 1. The smallest absolute Gasteiger partial charge is 0.303 e. The number of rotatable bonds is 6. The first kappa shape index (κ1) is 14.1. The average molecular weight is 270 g/mol. The Morgan fingerprint density at radius 3 is 2.20 bits per heavy atom. The third-order valence-corrected chi connectivity index (χ3v) is 3.08. The predicted molar refractivity (Wildman–Crippen MR) is 77.9 cm³/mol.